The number of nitriles is 1. The third kappa shape index (κ3) is 2.46. The van der Waals surface area contributed by atoms with E-state index in [4.69, 9.17) is 10.00 Å². The van der Waals surface area contributed by atoms with Gasteiger partial charge in [-0.2, -0.15) is 5.26 Å². The van der Waals surface area contributed by atoms with E-state index < -0.39 is 0 Å². The van der Waals surface area contributed by atoms with Crippen LogP contribution in [0, 0.1) is 11.3 Å². The lowest BCUT2D eigenvalue weighted by Crippen LogP contribution is -2.24. The fourth-order valence-electron chi connectivity index (χ4n) is 2.41. The average Bonchev–Trinajstić information content (AvgIpc) is 2.97. The Morgan fingerprint density at radius 2 is 2.00 bits per heavy atom. The minimum Gasteiger partial charge on any atom is -0.371 e. The van der Waals surface area contributed by atoms with Crippen LogP contribution < -0.4 is 5.32 Å². The largest absolute Gasteiger partial charge is 0.371 e. The molecule has 1 N–H and O–H groups in total. The van der Waals surface area contributed by atoms with E-state index in [0.717, 1.165) is 12.0 Å². The van der Waals surface area contributed by atoms with E-state index in [1.807, 2.05) is 36.4 Å². The SMILES string of the molecule is N#Cc1nccnc1N[C@H]1CCO[C@@H]1c1ccccc1. The minimum atomic E-state index is -0.0234. The van der Waals surface area contributed by atoms with Crippen LogP contribution in [-0.4, -0.2) is 22.6 Å². The van der Waals surface area contributed by atoms with Gasteiger partial charge in [-0.3, -0.25) is 0 Å². The number of nitrogens with one attached hydrogen (secondary N) is 1. The predicted octanol–water partition coefficient (Wildman–Crippen LogP) is 2.29. The van der Waals surface area contributed by atoms with Crippen LogP contribution in [0.3, 0.4) is 0 Å². The molecular formula is C15H14N4O. The van der Waals surface area contributed by atoms with Gasteiger partial charge in [-0.1, -0.05) is 30.3 Å². The number of aromatic nitrogens is 2. The number of rotatable bonds is 3. The second-order valence-electron chi connectivity index (χ2n) is 4.61. The summed E-state index contributed by atoms with van der Waals surface area (Å²) in [6.45, 7) is 0.694. The summed E-state index contributed by atoms with van der Waals surface area (Å²) in [5.41, 5.74) is 1.44. The molecule has 1 saturated heterocycles. The molecule has 20 heavy (non-hydrogen) atoms. The maximum Gasteiger partial charge on any atom is 0.182 e. The number of hydrogen-bond acceptors (Lipinski definition) is 5. The molecule has 0 aliphatic carbocycles. The van der Waals surface area contributed by atoms with E-state index in [1.54, 1.807) is 6.20 Å². The quantitative estimate of drug-likeness (QED) is 0.922. The fourth-order valence-corrected chi connectivity index (χ4v) is 2.41. The van der Waals surface area contributed by atoms with Gasteiger partial charge >= 0.3 is 0 Å². The zero-order valence-corrected chi connectivity index (χ0v) is 10.9. The standard InChI is InChI=1S/C15H14N4O/c16-10-13-15(18-8-7-17-13)19-12-6-9-20-14(12)11-4-2-1-3-5-11/h1-5,7-8,12,14H,6,9H2,(H,18,19)/t12-,14+/m0/s1. The molecule has 0 radical (unpaired) electrons. The summed E-state index contributed by atoms with van der Waals surface area (Å²) >= 11 is 0. The van der Waals surface area contributed by atoms with Crippen molar-refractivity contribution in [1.29, 1.82) is 5.26 Å². The maximum atomic E-state index is 9.05. The van der Waals surface area contributed by atoms with Crippen LogP contribution in [0.2, 0.25) is 0 Å². The lowest BCUT2D eigenvalue weighted by molar-refractivity contribution is 0.107. The van der Waals surface area contributed by atoms with E-state index in [9.17, 15) is 0 Å². The van der Waals surface area contributed by atoms with Crippen molar-refractivity contribution >= 4 is 5.82 Å². The van der Waals surface area contributed by atoms with Crippen molar-refractivity contribution in [2.45, 2.75) is 18.6 Å². The Balaban J connectivity index is 1.82. The van der Waals surface area contributed by atoms with Crippen molar-refractivity contribution in [1.82, 2.24) is 9.97 Å². The number of benzene rings is 1. The number of nitrogens with zero attached hydrogens (tertiary/aromatic N) is 3. The van der Waals surface area contributed by atoms with E-state index in [-0.39, 0.29) is 12.1 Å². The summed E-state index contributed by atoms with van der Waals surface area (Å²) in [5, 5.41) is 12.3. The molecule has 5 heteroatoms. The molecule has 2 heterocycles. The smallest absolute Gasteiger partial charge is 0.182 e. The highest BCUT2D eigenvalue weighted by molar-refractivity contribution is 5.48. The lowest BCUT2D eigenvalue weighted by Gasteiger charge is -2.20. The number of ether oxygens (including phenoxy) is 1. The average molecular weight is 266 g/mol. The molecule has 2 aromatic rings. The van der Waals surface area contributed by atoms with E-state index in [1.165, 1.54) is 6.20 Å². The number of anilines is 1. The molecule has 0 amide bonds. The Morgan fingerprint density at radius 1 is 1.20 bits per heavy atom. The van der Waals surface area contributed by atoms with Crippen molar-refractivity contribution in [3.8, 4) is 6.07 Å². The molecule has 3 rings (SSSR count). The first-order chi connectivity index (χ1) is 9.88. The molecule has 2 atom stereocenters. The van der Waals surface area contributed by atoms with E-state index >= 15 is 0 Å². The summed E-state index contributed by atoms with van der Waals surface area (Å²) in [4.78, 5) is 8.20. The maximum absolute atomic E-state index is 9.05. The van der Waals surface area contributed by atoms with Gasteiger partial charge in [0.1, 0.15) is 12.2 Å². The minimum absolute atomic E-state index is 0.0234. The Morgan fingerprint density at radius 3 is 2.80 bits per heavy atom. The molecule has 1 aliphatic heterocycles. The first-order valence-electron chi connectivity index (χ1n) is 6.52. The molecule has 0 saturated carbocycles. The predicted molar refractivity (Wildman–Crippen MR) is 73.9 cm³/mol. The highest BCUT2D eigenvalue weighted by Crippen LogP contribution is 2.31. The number of hydrogen-bond donors (Lipinski definition) is 1. The highest BCUT2D eigenvalue weighted by Gasteiger charge is 2.30. The summed E-state index contributed by atoms with van der Waals surface area (Å²) in [5.74, 6) is 0.520. The van der Waals surface area contributed by atoms with Crippen molar-refractivity contribution in [3.05, 3.63) is 54.0 Å². The summed E-state index contributed by atoms with van der Waals surface area (Å²) < 4.78 is 5.80. The third-order valence-electron chi connectivity index (χ3n) is 3.35. The molecule has 1 fully saturated rings. The molecule has 0 bridgehead atoms. The summed E-state index contributed by atoms with van der Waals surface area (Å²) in [6, 6.07) is 12.2. The van der Waals surface area contributed by atoms with Gasteiger partial charge in [0.25, 0.3) is 0 Å². The summed E-state index contributed by atoms with van der Waals surface area (Å²) in [7, 11) is 0. The van der Waals surface area contributed by atoms with Crippen LogP contribution in [0.25, 0.3) is 0 Å². The Labute approximate surface area is 117 Å². The van der Waals surface area contributed by atoms with E-state index in [2.05, 4.69) is 15.3 Å². The Hall–Kier alpha value is -2.45. The van der Waals surface area contributed by atoms with Crippen molar-refractivity contribution in [2.24, 2.45) is 0 Å². The van der Waals surface area contributed by atoms with Crippen molar-refractivity contribution in [2.75, 3.05) is 11.9 Å². The van der Waals surface area contributed by atoms with Crippen LogP contribution in [0.5, 0.6) is 0 Å². The topological polar surface area (TPSA) is 70.8 Å². The molecule has 5 nitrogen and oxygen atoms in total. The first-order valence-corrected chi connectivity index (χ1v) is 6.52. The zero-order valence-electron chi connectivity index (χ0n) is 10.9. The van der Waals surface area contributed by atoms with Crippen LogP contribution in [-0.2, 0) is 4.74 Å². The molecule has 1 aromatic carbocycles. The zero-order chi connectivity index (χ0) is 13.8. The van der Waals surface area contributed by atoms with Gasteiger partial charge in [-0.25, -0.2) is 9.97 Å². The Bertz CT molecular complexity index is 623. The van der Waals surface area contributed by atoms with Crippen LogP contribution in [0.4, 0.5) is 5.82 Å². The van der Waals surface area contributed by atoms with Crippen molar-refractivity contribution in [3.63, 3.8) is 0 Å². The second kappa shape index (κ2) is 5.68. The van der Waals surface area contributed by atoms with Crippen LogP contribution in [0.15, 0.2) is 42.7 Å². The lowest BCUT2D eigenvalue weighted by atomic mass is 10.0. The Kier molecular flexibility index (Phi) is 3.57. The van der Waals surface area contributed by atoms with E-state index in [0.29, 0.717) is 18.1 Å². The molecular weight excluding hydrogens is 252 g/mol. The van der Waals surface area contributed by atoms with Gasteiger partial charge in [0.05, 0.1) is 6.04 Å². The van der Waals surface area contributed by atoms with Gasteiger partial charge in [-0.15, -0.1) is 0 Å². The van der Waals surface area contributed by atoms with Gasteiger partial charge in [0.2, 0.25) is 0 Å². The van der Waals surface area contributed by atoms with Gasteiger partial charge < -0.3 is 10.1 Å². The molecule has 0 unspecified atom stereocenters. The van der Waals surface area contributed by atoms with Gasteiger partial charge in [-0.05, 0) is 12.0 Å². The second-order valence-corrected chi connectivity index (χ2v) is 4.61. The highest BCUT2D eigenvalue weighted by atomic mass is 16.5. The van der Waals surface area contributed by atoms with Gasteiger partial charge in [0.15, 0.2) is 11.5 Å². The normalized spacial score (nSPS) is 21.4. The van der Waals surface area contributed by atoms with Crippen LogP contribution in [0.1, 0.15) is 23.8 Å². The van der Waals surface area contributed by atoms with Crippen LogP contribution >= 0.6 is 0 Å². The molecule has 100 valence electrons. The molecule has 1 aromatic heterocycles. The monoisotopic (exact) mass is 266 g/mol. The van der Waals surface area contributed by atoms with Crippen molar-refractivity contribution < 1.29 is 4.74 Å². The molecule has 1 aliphatic rings. The van der Waals surface area contributed by atoms with Gasteiger partial charge in [0, 0.05) is 19.0 Å². The third-order valence-corrected chi connectivity index (χ3v) is 3.35. The fraction of sp³-hybridized carbons (Fsp3) is 0.267. The first kappa shape index (κ1) is 12.6. The summed E-state index contributed by atoms with van der Waals surface area (Å²) in [6.07, 6.45) is 3.95. The molecule has 0 spiro atoms.